The molecule has 14 heavy (non-hydrogen) atoms. The lowest BCUT2D eigenvalue weighted by atomic mass is 10.0. The summed E-state index contributed by atoms with van der Waals surface area (Å²) in [5.41, 5.74) is 0. The van der Waals surface area contributed by atoms with Crippen LogP contribution >= 0.6 is 0 Å². The maximum atomic E-state index is 5.24. The fraction of sp³-hybridized carbons (Fsp3) is 0.667. The average molecular weight is 193 g/mol. The van der Waals surface area contributed by atoms with Gasteiger partial charge < -0.3 is 9.73 Å². The maximum Gasteiger partial charge on any atom is 0.117 e. The number of rotatable bonds is 5. The van der Waals surface area contributed by atoms with E-state index in [1.165, 1.54) is 32.1 Å². The maximum absolute atomic E-state index is 5.24. The van der Waals surface area contributed by atoms with E-state index in [1.807, 2.05) is 12.1 Å². The van der Waals surface area contributed by atoms with Crippen molar-refractivity contribution in [3.63, 3.8) is 0 Å². The highest BCUT2D eigenvalue weighted by atomic mass is 16.3. The summed E-state index contributed by atoms with van der Waals surface area (Å²) < 4.78 is 5.24. The molecule has 2 rings (SSSR count). The Morgan fingerprint density at radius 2 is 2.21 bits per heavy atom. The lowest BCUT2D eigenvalue weighted by Gasteiger charge is -2.08. The van der Waals surface area contributed by atoms with Crippen molar-refractivity contribution in [3.8, 4) is 0 Å². The topological polar surface area (TPSA) is 25.2 Å². The molecule has 0 aromatic carbocycles. The molecule has 0 amide bonds. The van der Waals surface area contributed by atoms with Gasteiger partial charge in [-0.2, -0.15) is 0 Å². The third-order valence-electron chi connectivity index (χ3n) is 3.08. The van der Waals surface area contributed by atoms with Gasteiger partial charge in [-0.1, -0.05) is 25.7 Å². The predicted octanol–water partition coefficient (Wildman–Crippen LogP) is 2.95. The summed E-state index contributed by atoms with van der Waals surface area (Å²) in [7, 11) is 0. The molecule has 0 saturated heterocycles. The Balaban J connectivity index is 1.55. The number of hydrogen-bond donors (Lipinski definition) is 1. The molecule has 1 aromatic heterocycles. The molecule has 1 saturated carbocycles. The molecular weight excluding hydrogens is 174 g/mol. The van der Waals surface area contributed by atoms with Crippen molar-refractivity contribution in [3.05, 3.63) is 24.2 Å². The summed E-state index contributed by atoms with van der Waals surface area (Å²) in [5, 5.41) is 3.42. The largest absolute Gasteiger partial charge is 0.468 e. The van der Waals surface area contributed by atoms with E-state index in [0.29, 0.717) is 0 Å². The van der Waals surface area contributed by atoms with E-state index in [4.69, 9.17) is 4.42 Å². The SMILES string of the molecule is c1coc(CNCCC2CCCC2)c1. The Morgan fingerprint density at radius 3 is 2.93 bits per heavy atom. The summed E-state index contributed by atoms with van der Waals surface area (Å²) in [4.78, 5) is 0. The predicted molar refractivity (Wildman–Crippen MR) is 57.0 cm³/mol. The number of hydrogen-bond acceptors (Lipinski definition) is 2. The lowest BCUT2D eigenvalue weighted by molar-refractivity contribution is 0.447. The summed E-state index contributed by atoms with van der Waals surface area (Å²) in [5.74, 6) is 2.02. The molecule has 2 nitrogen and oxygen atoms in total. The average Bonchev–Trinajstić information content (AvgIpc) is 2.86. The Labute approximate surface area is 85.7 Å². The van der Waals surface area contributed by atoms with Crippen LogP contribution < -0.4 is 5.32 Å². The van der Waals surface area contributed by atoms with Crippen LogP contribution in [0.5, 0.6) is 0 Å². The van der Waals surface area contributed by atoms with Gasteiger partial charge in [-0.15, -0.1) is 0 Å². The standard InChI is InChI=1S/C12H19NO/c1-2-5-11(4-1)7-8-13-10-12-6-3-9-14-12/h3,6,9,11,13H,1-2,4-5,7-8,10H2. The highest BCUT2D eigenvalue weighted by molar-refractivity contribution is 4.97. The molecule has 78 valence electrons. The minimum absolute atomic E-state index is 0.875. The molecule has 0 spiro atoms. The van der Waals surface area contributed by atoms with E-state index in [-0.39, 0.29) is 0 Å². The Hall–Kier alpha value is -0.760. The van der Waals surface area contributed by atoms with Crippen LogP contribution in [0, 0.1) is 5.92 Å². The second-order valence-electron chi connectivity index (χ2n) is 4.20. The molecule has 0 atom stereocenters. The number of furan rings is 1. The van der Waals surface area contributed by atoms with Gasteiger partial charge in [0.1, 0.15) is 5.76 Å². The van der Waals surface area contributed by atoms with Gasteiger partial charge in [-0.05, 0) is 31.0 Å². The first kappa shape index (κ1) is 9.78. The van der Waals surface area contributed by atoms with E-state index in [2.05, 4.69) is 5.32 Å². The molecule has 0 unspecified atom stereocenters. The molecule has 2 heteroatoms. The van der Waals surface area contributed by atoms with Crippen LogP contribution in [-0.2, 0) is 6.54 Å². The first-order chi connectivity index (χ1) is 6.95. The van der Waals surface area contributed by atoms with Crippen molar-refractivity contribution in [2.24, 2.45) is 5.92 Å². The Morgan fingerprint density at radius 1 is 1.36 bits per heavy atom. The zero-order valence-corrected chi connectivity index (χ0v) is 8.67. The van der Waals surface area contributed by atoms with E-state index in [1.54, 1.807) is 6.26 Å². The lowest BCUT2D eigenvalue weighted by Crippen LogP contribution is -2.16. The first-order valence-electron chi connectivity index (χ1n) is 5.68. The summed E-state index contributed by atoms with van der Waals surface area (Å²) >= 11 is 0. The second kappa shape index (κ2) is 5.20. The van der Waals surface area contributed by atoms with Crippen molar-refractivity contribution < 1.29 is 4.42 Å². The molecule has 1 aromatic rings. The minimum atomic E-state index is 0.875. The van der Waals surface area contributed by atoms with Gasteiger partial charge >= 0.3 is 0 Å². The van der Waals surface area contributed by atoms with Crippen LogP contribution in [-0.4, -0.2) is 6.54 Å². The van der Waals surface area contributed by atoms with Crippen LogP contribution in [0.3, 0.4) is 0 Å². The Kier molecular flexibility index (Phi) is 3.64. The van der Waals surface area contributed by atoms with Crippen molar-refractivity contribution in [1.29, 1.82) is 0 Å². The van der Waals surface area contributed by atoms with E-state index in [9.17, 15) is 0 Å². The molecule has 0 bridgehead atoms. The van der Waals surface area contributed by atoms with Crippen LogP contribution in [0.25, 0.3) is 0 Å². The van der Waals surface area contributed by atoms with Gasteiger partial charge in [0, 0.05) is 0 Å². The van der Waals surface area contributed by atoms with Gasteiger partial charge in [-0.3, -0.25) is 0 Å². The monoisotopic (exact) mass is 193 g/mol. The number of nitrogens with one attached hydrogen (secondary N) is 1. The van der Waals surface area contributed by atoms with Gasteiger partial charge in [0.2, 0.25) is 0 Å². The van der Waals surface area contributed by atoms with Gasteiger partial charge in [0.05, 0.1) is 12.8 Å². The summed E-state index contributed by atoms with van der Waals surface area (Å²) in [6.07, 6.45) is 8.85. The minimum Gasteiger partial charge on any atom is -0.468 e. The van der Waals surface area contributed by atoms with Crippen molar-refractivity contribution >= 4 is 0 Å². The Bertz CT molecular complexity index is 237. The van der Waals surface area contributed by atoms with E-state index < -0.39 is 0 Å². The third-order valence-corrected chi connectivity index (χ3v) is 3.08. The van der Waals surface area contributed by atoms with Crippen LogP contribution in [0.4, 0.5) is 0 Å². The molecule has 0 radical (unpaired) electrons. The normalized spacial score (nSPS) is 17.7. The van der Waals surface area contributed by atoms with E-state index >= 15 is 0 Å². The van der Waals surface area contributed by atoms with Crippen molar-refractivity contribution in [1.82, 2.24) is 5.32 Å². The second-order valence-corrected chi connectivity index (χ2v) is 4.20. The molecule has 1 aliphatic carbocycles. The first-order valence-corrected chi connectivity index (χ1v) is 5.68. The molecular formula is C12H19NO. The fourth-order valence-electron chi connectivity index (χ4n) is 2.23. The van der Waals surface area contributed by atoms with Crippen LogP contribution in [0.2, 0.25) is 0 Å². The molecule has 1 N–H and O–H groups in total. The third kappa shape index (κ3) is 2.88. The highest BCUT2D eigenvalue weighted by Gasteiger charge is 2.13. The molecule has 1 aliphatic rings. The summed E-state index contributed by atoms with van der Waals surface area (Å²) in [6, 6.07) is 3.95. The smallest absolute Gasteiger partial charge is 0.117 e. The fourth-order valence-corrected chi connectivity index (χ4v) is 2.23. The van der Waals surface area contributed by atoms with Crippen molar-refractivity contribution in [2.75, 3.05) is 6.54 Å². The van der Waals surface area contributed by atoms with Crippen molar-refractivity contribution in [2.45, 2.75) is 38.6 Å². The van der Waals surface area contributed by atoms with E-state index in [0.717, 1.165) is 24.8 Å². The quantitative estimate of drug-likeness (QED) is 0.727. The molecule has 1 fully saturated rings. The summed E-state index contributed by atoms with van der Waals surface area (Å²) in [6.45, 7) is 2.01. The highest BCUT2D eigenvalue weighted by Crippen LogP contribution is 2.26. The van der Waals surface area contributed by atoms with Crippen LogP contribution in [0.1, 0.15) is 37.9 Å². The van der Waals surface area contributed by atoms with Gasteiger partial charge in [0.15, 0.2) is 0 Å². The van der Waals surface area contributed by atoms with Gasteiger partial charge in [-0.25, -0.2) is 0 Å². The zero-order valence-electron chi connectivity index (χ0n) is 8.67. The molecule has 0 aliphatic heterocycles. The van der Waals surface area contributed by atoms with Crippen LogP contribution in [0.15, 0.2) is 22.8 Å². The zero-order chi connectivity index (χ0) is 9.64. The molecule has 1 heterocycles. The van der Waals surface area contributed by atoms with Gasteiger partial charge in [0.25, 0.3) is 0 Å².